The molecule has 0 radical (unpaired) electrons. The summed E-state index contributed by atoms with van der Waals surface area (Å²) in [5.74, 6) is -0.0935. The zero-order chi connectivity index (χ0) is 26.4. The third-order valence-electron chi connectivity index (χ3n) is 6.62. The van der Waals surface area contributed by atoms with Gasteiger partial charge in [0.05, 0.1) is 18.4 Å². The fourth-order valence-corrected chi connectivity index (χ4v) is 4.74. The lowest BCUT2D eigenvalue weighted by atomic mass is 9.96. The van der Waals surface area contributed by atoms with Crippen LogP contribution >= 0.6 is 0 Å². The number of benzene rings is 2. The van der Waals surface area contributed by atoms with E-state index in [-0.39, 0.29) is 5.91 Å². The van der Waals surface area contributed by atoms with E-state index in [1.54, 1.807) is 12.3 Å². The first-order valence-electron chi connectivity index (χ1n) is 12.4. The molecular weight excluding hydrogens is 468 g/mol. The average molecular weight is 501 g/mol. The second-order valence-corrected chi connectivity index (χ2v) is 8.71. The van der Waals surface area contributed by atoms with Crippen LogP contribution in [0.25, 0.3) is 33.3 Å². The Balaban J connectivity index is 0.00000156. The van der Waals surface area contributed by atoms with Crippen LogP contribution in [0.2, 0.25) is 0 Å². The summed E-state index contributed by atoms with van der Waals surface area (Å²) in [4.78, 5) is 35.0. The predicted octanol–water partition coefficient (Wildman–Crippen LogP) is 5.48. The van der Waals surface area contributed by atoms with Crippen LogP contribution in [-0.2, 0) is 11.2 Å². The van der Waals surface area contributed by atoms with Crippen LogP contribution in [0.4, 0.5) is 10.5 Å². The molecule has 1 fully saturated rings. The highest BCUT2D eigenvalue weighted by atomic mass is 16.5. The Labute approximate surface area is 216 Å². The first kappa shape index (κ1) is 25.9. The number of H-pyrrole nitrogens is 1. The quantitative estimate of drug-likeness (QED) is 0.336. The molecule has 37 heavy (non-hydrogen) atoms. The Bertz CT molecular complexity index is 1410. The number of amides is 2. The summed E-state index contributed by atoms with van der Waals surface area (Å²) in [6, 6.07) is 16.0. The van der Waals surface area contributed by atoms with Crippen LogP contribution in [-0.4, -0.2) is 59.3 Å². The van der Waals surface area contributed by atoms with Crippen molar-refractivity contribution in [3.63, 3.8) is 0 Å². The van der Waals surface area contributed by atoms with Gasteiger partial charge in [-0.15, -0.1) is 0 Å². The summed E-state index contributed by atoms with van der Waals surface area (Å²) in [5, 5.41) is 10.7. The van der Waals surface area contributed by atoms with E-state index in [0.29, 0.717) is 11.3 Å². The summed E-state index contributed by atoms with van der Waals surface area (Å²) in [7, 11) is 2.30. The second kappa shape index (κ2) is 11.7. The van der Waals surface area contributed by atoms with E-state index in [1.807, 2.05) is 29.3 Å². The number of ether oxygens (including phenoxy) is 1. The first-order valence-corrected chi connectivity index (χ1v) is 12.4. The average Bonchev–Trinajstić information content (AvgIpc) is 3.64. The monoisotopic (exact) mass is 500 g/mol. The number of fused-ring (bicyclic) bond motifs is 1. The number of aromatic amines is 1. The zero-order valence-corrected chi connectivity index (χ0v) is 21.4. The number of aryl methyl sites for hydroxylation is 1. The van der Waals surface area contributed by atoms with Gasteiger partial charge in [-0.25, -0.2) is 9.78 Å². The maximum Gasteiger partial charge on any atom is 0.411 e. The Morgan fingerprint density at radius 3 is 2.54 bits per heavy atom. The first-order chi connectivity index (χ1) is 18.1. The van der Waals surface area contributed by atoms with Crippen molar-refractivity contribution in [1.82, 2.24) is 14.9 Å². The van der Waals surface area contributed by atoms with Crippen LogP contribution in [0, 0.1) is 0 Å². The zero-order valence-electron chi connectivity index (χ0n) is 21.4. The van der Waals surface area contributed by atoms with Crippen LogP contribution < -0.4 is 5.32 Å². The summed E-state index contributed by atoms with van der Waals surface area (Å²) >= 11 is 0. The summed E-state index contributed by atoms with van der Waals surface area (Å²) in [5.41, 5.74) is 7.00. The van der Waals surface area contributed by atoms with Crippen LogP contribution in [0.15, 0.2) is 60.9 Å². The Morgan fingerprint density at radius 2 is 1.81 bits per heavy atom. The summed E-state index contributed by atoms with van der Waals surface area (Å²) in [6.07, 6.45) is 6.11. The molecule has 1 aliphatic heterocycles. The smallest absolute Gasteiger partial charge is 0.411 e. The molecule has 3 heterocycles. The topological polar surface area (TPSA) is 108 Å². The number of carbonyl (C=O) groups is 2. The van der Waals surface area contributed by atoms with Crippen molar-refractivity contribution in [1.29, 1.82) is 0 Å². The molecule has 1 aliphatic rings. The molecule has 8 nitrogen and oxygen atoms in total. The van der Waals surface area contributed by atoms with Crippen molar-refractivity contribution in [2.24, 2.45) is 0 Å². The van der Waals surface area contributed by atoms with Crippen molar-refractivity contribution in [2.75, 3.05) is 32.6 Å². The highest BCUT2D eigenvalue weighted by molar-refractivity contribution is 6.04. The lowest BCUT2D eigenvalue weighted by molar-refractivity contribution is 0.0794. The number of carbonyl (C=O) groups excluding carboxylic acids is 2. The summed E-state index contributed by atoms with van der Waals surface area (Å²) in [6.45, 7) is 3.59. The van der Waals surface area contributed by atoms with Crippen molar-refractivity contribution < 1.29 is 19.4 Å². The molecule has 1 saturated heterocycles. The number of pyridine rings is 1. The van der Waals surface area contributed by atoms with Crippen LogP contribution in [0.3, 0.4) is 0 Å². The van der Waals surface area contributed by atoms with E-state index in [9.17, 15) is 9.59 Å². The van der Waals surface area contributed by atoms with Gasteiger partial charge in [0.1, 0.15) is 5.65 Å². The number of hydrogen-bond donors (Lipinski definition) is 3. The molecule has 192 valence electrons. The molecule has 2 aromatic heterocycles. The predicted molar refractivity (Wildman–Crippen MR) is 146 cm³/mol. The lowest BCUT2D eigenvalue weighted by Gasteiger charge is -2.19. The number of methoxy groups -OCH3 is 1. The number of hydrogen-bond acceptors (Lipinski definition) is 5. The highest BCUT2D eigenvalue weighted by Crippen LogP contribution is 2.34. The number of nitrogens with one attached hydrogen (secondary N) is 2. The van der Waals surface area contributed by atoms with Gasteiger partial charge in [0.25, 0.3) is 5.91 Å². The van der Waals surface area contributed by atoms with Gasteiger partial charge in [-0.2, -0.15) is 0 Å². The van der Waals surface area contributed by atoms with E-state index in [0.717, 1.165) is 67.2 Å². The van der Waals surface area contributed by atoms with Gasteiger partial charge in [-0.05, 0) is 54.2 Å². The van der Waals surface area contributed by atoms with Crippen molar-refractivity contribution in [2.45, 2.75) is 26.2 Å². The number of likely N-dealkylation sites (tertiary alicyclic amines) is 1. The fourth-order valence-electron chi connectivity index (χ4n) is 4.74. The molecule has 0 aliphatic carbocycles. The third-order valence-corrected chi connectivity index (χ3v) is 6.62. The largest absolute Gasteiger partial charge is 0.453 e. The number of aromatic nitrogens is 2. The molecule has 0 atom stereocenters. The molecule has 4 aromatic rings. The van der Waals surface area contributed by atoms with Crippen molar-refractivity contribution in [3.8, 4) is 22.3 Å². The van der Waals surface area contributed by atoms with E-state index >= 15 is 0 Å². The van der Waals surface area contributed by atoms with Crippen molar-refractivity contribution in [3.05, 3.63) is 72.1 Å². The van der Waals surface area contributed by atoms with Gasteiger partial charge in [0.2, 0.25) is 0 Å². The molecule has 0 unspecified atom stereocenters. The van der Waals surface area contributed by atoms with Crippen LogP contribution in [0.5, 0.6) is 0 Å². The second-order valence-electron chi connectivity index (χ2n) is 8.71. The number of aliphatic hydroxyl groups excluding tert-OH is 1. The molecule has 3 N–H and O–H groups in total. The maximum atomic E-state index is 13.3. The number of rotatable bonds is 5. The van der Waals surface area contributed by atoms with Gasteiger partial charge in [-0.3, -0.25) is 10.1 Å². The minimum Gasteiger partial charge on any atom is -0.453 e. The SMILES string of the molecule is CCc1ccccc1-c1c[nH]c2ncc(-c3ccc(NC(=O)OC)c(C(=O)N4CCCC4)c3)cc12.CO. The Kier molecular flexibility index (Phi) is 8.20. The molecular formula is C29H32N4O4. The Morgan fingerprint density at radius 1 is 1.05 bits per heavy atom. The van der Waals surface area contributed by atoms with Crippen LogP contribution in [0.1, 0.15) is 35.7 Å². The van der Waals surface area contributed by atoms with Gasteiger partial charge >= 0.3 is 6.09 Å². The number of anilines is 1. The van der Waals surface area contributed by atoms with E-state index in [4.69, 9.17) is 9.84 Å². The van der Waals surface area contributed by atoms with Gasteiger partial charge in [0.15, 0.2) is 0 Å². The minimum atomic E-state index is -0.608. The summed E-state index contributed by atoms with van der Waals surface area (Å²) < 4.78 is 4.75. The number of nitrogens with zero attached hydrogens (tertiary/aromatic N) is 2. The standard InChI is InChI=1S/C28H28N4O3.CH4O/c1-3-18-8-4-5-9-21(18)24-17-30-26-22(24)15-20(16-29-26)19-10-11-25(31-28(34)35-2)23(14-19)27(33)32-12-6-7-13-32;1-2/h4-5,8-11,14-17H,3,6-7,12-13H2,1-2H3,(H,29,30)(H,31,34);2H,1H3. The molecule has 8 heteroatoms. The fraction of sp³-hybridized carbons (Fsp3) is 0.276. The van der Waals surface area contributed by atoms with Gasteiger partial charge in [-0.1, -0.05) is 37.3 Å². The molecule has 2 aromatic carbocycles. The van der Waals surface area contributed by atoms with Gasteiger partial charge < -0.3 is 19.7 Å². The molecule has 0 spiro atoms. The van der Waals surface area contributed by atoms with E-state index < -0.39 is 6.09 Å². The normalized spacial score (nSPS) is 12.7. The maximum absolute atomic E-state index is 13.3. The van der Waals surface area contributed by atoms with E-state index in [2.05, 4.69) is 46.5 Å². The molecule has 5 rings (SSSR count). The van der Waals surface area contributed by atoms with Crippen molar-refractivity contribution >= 4 is 28.7 Å². The van der Waals surface area contributed by atoms with E-state index in [1.165, 1.54) is 18.2 Å². The lowest BCUT2D eigenvalue weighted by Crippen LogP contribution is -2.29. The third kappa shape index (κ3) is 5.34. The molecule has 2 amide bonds. The Hall–Kier alpha value is -4.17. The minimum absolute atomic E-state index is 0.0935. The highest BCUT2D eigenvalue weighted by Gasteiger charge is 2.23. The molecule has 0 bridgehead atoms. The number of aliphatic hydroxyl groups is 1. The molecule has 0 saturated carbocycles. The van der Waals surface area contributed by atoms with Gasteiger partial charge in [0, 0.05) is 49.1 Å².